The zero-order valence-electron chi connectivity index (χ0n) is 11.6. The van der Waals surface area contributed by atoms with Gasteiger partial charge in [0.05, 0.1) is 0 Å². The van der Waals surface area contributed by atoms with Crippen LogP contribution >= 0.6 is 0 Å². The predicted octanol–water partition coefficient (Wildman–Crippen LogP) is 1.89. The van der Waals surface area contributed by atoms with E-state index in [0.717, 1.165) is 38.4 Å². The van der Waals surface area contributed by atoms with E-state index >= 15 is 0 Å². The standard InChI is InChI=1S/C14H24N4/c1-3-14(6-4-7-15-10-14)13-17-16-12-9-11(2)5-8-18(12)13/h11,15H,3-10H2,1-2H3. The SMILES string of the molecule is CCC1(c2nnc3n2CCC(C)C3)CCCNC1. The topological polar surface area (TPSA) is 42.7 Å². The maximum absolute atomic E-state index is 4.57. The van der Waals surface area contributed by atoms with Crippen LogP contribution in [0.25, 0.3) is 0 Å². The quantitative estimate of drug-likeness (QED) is 0.869. The molecule has 0 spiro atoms. The molecule has 0 aromatic carbocycles. The normalized spacial score (nSPS) is 32.2. The molecule has 1 aromatic heterocycles. The largest absolute Gasteiger partial charge is 0.316 e. The Morgan fingerprint density at radius 1 is 1.44 bits per heavy atom. The molecule has 4 nitrogen and oxygen atoms in total. The average Bonchev–Trinajstić information content (AvgIpc) is 2.83. The van der Waals surface area contributed by atoms with E-state index in [2.05, 4.69) is 33.9 Å². The molecule has 2 aliphatic heterocycles. The van der Waals surface area contributed by atoms with Crippen LogP contribution in [0.3, 0.4) is 0 Å². The molecule has 1 fully saturated rings. The number of rotatable bonds is 2. The minimum absolute atomic E-state index is 0.226. The van der Waals surface area contributed by atoms with Crippen molar-refractivity contribution in [3.8, 4) is 0 Å². The van der Waals surface area contributed by atoms with Crippen molar-refractivity contribution in [3.05, 3.63) is 11.6 Å². The molecule has 0 radical (unpaired) electrons. The zero-order valence-corrected chi connectivity index (χ0v) is 11.6. The third kappa shape index (κ3) is 1.87. The number of fused-ring (bicyclic) bond motifs is 1. The van der Waals surface area contributed by atoms with E-state index in [9.17, 15) is 0 Å². The molecule has 0 amide bonds. The Morgan fingerprint density at radius 2 is 2.33 bits per heavy atom. The van der Waals surface area contributed by atoms with E-state index in [-0.39, 0.29) is 5.41 Å². The van der Waals surface area contributed by atoms with Crippen molar-refractivity contribution >= 4 is 0 Å². The summed E-state index contributed by atoms with van der Waals surface area (Å²) < 4.78 is 2.41. The monoisotopic (exact) mass is 248 g/mol. The lowest BCUT2D eigenvalue weighted by atomic mass is 9.77. The molecule has 1 N–H and O–H groups in total. The number of nitrogens with zero attached hydrogens (tertiary/aromatic N) is 3. The van der Waals surface area contributed by atoms with Gasteiger partial charge in [0.25, 0.3) is 0 Å². The lowest BCUT2D eigenvalue weighted by Crippen LogP contribution is -2.45. The summed E-state index contributed by atoms with van der Waals surface area (Å²) in [6, 6.07) is 0. The maximum Gasteiger partial charge on any atom is 0.140 e. The van der Waals surface area contributed by atoms with E-state index in [0.29, 0.717) is 0 Å². The van der Waals surface area contributed by atoms with Gasteiger partial charge in [0.15, 0.2) is 0 Å². The lowest BCUT2D eigenvalue weighted by Gasteiger charge is -2.37. The van der Waals surface area contributed by atoms with Crippen LogP contribution < -0.4 is 5.32 Å². The summed E-state index contributed by atoms with van der Waals surface area (Å²) in [7, 11) is 0. The Bertz CT molecular complexity index is 417. The number of piperidine rings is 1. The van der Waals surface area contributed by atoms with Gasteiger partial charge in [-0.1, -0.05) is 13.8 Å². The molecule has 0 bridgehead atoms. The van der Waals surface area contributed by atoms with Crippen molar-refractivity contribution in [2.45, 2.75) is 57.9 Å². The van der Waals surface area contributed by atoms with Crippen LogP contribution in [0.2, 0.25) is 0 Å². The first-order chi connectivity index (χ1) is 8.75. The summed E-state index contributed by atoms with van der Waals surface area (Å²) in [5, 5.41) is 12.6. The van der Waals surface area contributed by atoms with Gasteiger partial charge in [-0.2, -0.15) is 0 Å². The molecule has 0 saturated carbocycles. The summed E-state index contributed by atoms with van der Waals surface area (Å²) >= 11 is 0. The van der Waals surface area contributed by atoms with Crippen molar-refractivity contribution in [3.63, 3.8) is 0 Å². The molecule has 3 rings (SSSR count). The van der Waals surface area contributed by atoms with Crippen molar-refractivity contribution in [1.82, 2.24) is 20.1 Å². The molecular weight excluding hydrogens is 224 g/mol. The van der Waals surface area contributed by atoms with Crippen LogP contribution in [0, 0.1) is 5.92 Å². The fourth-order valence-electron chi connectivity index (χ4n) is 3.50. The van der Waals surface area contributed by atoms with Gasteiger partial charge in [-0.05, 0) is 38.1 Å². The lowest BCUT2D eigenvalue weighted by molar-refractivity contribution is 0.270. The third-order valence-corrected chi connectivity index (χ3v) is 4.83. The zero-order chi connectivity index (χ0) is 12.6. The molecule has 2 aliphatic rings. The van der Waals surface area contributed by atoms with Gasteiger partial charge in [-0.3, -0.25) is 0 Å². The molecule has 1 saturated heterocycles. The molecule has 100 valence electrons. The van der Waals surface area contributed by atoms with Crippen molar-refractivity contribution in [2.24, 2.45) is 5.92 Å². The summed E-state index contributed by atoms with van der Waals surface area (Å²) in [6.07, 6.45) is 6.04. The molecule has 2 atom stereocenters. The van der Waals surface area contributed by atoms with Crippen LogP contribution in [-0.2, 0) is 18.4 Å². The van der Waals surface area contributed by atoms with Gasteiger partial charge in [0.2, 0.25) is 0 Å². The summed E-state index contributed by atoms with van der Waals surface area (Å²) in [5.41, 5.74) is 0.226. The van der Waals surface area contributed by atoms with Gasteiger partial charge < -0.3 is 9.88 Å². The van der Waals surface area contributed by atoms with Crippen LogP contribution in [0.15, 0.2) is 0 Å². The van der Waals surface area contributed by atoms with E-state index in [1.54, 1.807) is 0 Å². The second-order valence-electron chi connectivity index (χ2n) is 6.10. The van der Waals surface area contributed by atoms with Gasteiger partial charge in [-0.25, -0.2) is 0 Å². The maximum atomic E-state index is 4.57. The van der Waals surface area contributed by atoms with E-state index in [4.69, 9.17) is 0 Å². The second-order valence-corrected chi connectivity index (χ2v) is 6.10. The number of aromatic nitrogens is 3. The molecule has 0 aliphatic carbocycles. The minimum Gasteiger partial charge on any atom is -0.316 e. The first-order valence-corrected chi connectivity index (χ1v) is 7.38. The summed E-state index contributed by atoms with van der Waals surface area (Å²) in [6.45, 7) is 7.94. The van der Waals surface area contributed by atoms with Crippen molar-refractivity contribution in [2.75, 3.05) is 13.1 Å². The molecule has 3 heterocycles. The van der Waals surface area contributed by atoms with Crippen LogP contribution in [0.4, 0.5) is 0 Å². The number of nitrogens with one attached hydrogen (secondary N) is 1. The fourth-order valence-corrected chi connectivity index (χ4v) is 3.50. The van der Waals surface area contributed by atoms with Crippen LogP contribution in [0.5, 0.6) is 0 Å². The predicted molar refractivity (Wildman–Crippen MR) is 71.6 cm³/mol. The molecule has 1 aromatic rings. The summed E-state index contributed by atoms with van der Waals surface area (Å²) in [5.74, 6) is 3.22. The van der Waals surface area contributed by atoms with Crippen LogP contribution in [-0.4, -0.2) is 27.9 Å². The van der Waals surface area contributed by atoms with E-state index in [1.165, 1.54) is 30.9 Å². The molecule has 2 unspecified atom stereocenters. The Kier molecular flexibility index (Phi) is 3.14. The van der Waals surface area contributed by atoms with Gasteiger partial charge in [0, 0.05) is 24.9 Å². The number of hydrogen-bond donors (Lipinski definition) is 1. The molecule has 4 heteroatoms. The third-order valence-electron chi connectivity index (χ3n) is 4.83. The highest BCUT2D eigenvalue weighted by molar-refractivity contribution is 5.14. The Balaban J connectivity index is 1.96. The highest BCUT2D eigenvalue weighted by Crippen LogP contribution is 2.35. The highest BCUT2D eigenvalue weighted by Gasteiger charge is 2.38. The Labute approximate surface area is 109 Å². The van der Waals surface area contributed by atoms with Gasteiger partial charge >= 0.3 is 0 Å². The Morgan fingerprint density at radius 3 is 3.06 bits per heavy atom. The fraction of sp³-hybridized carbons (Fsp3) is 0.857. The Hall–Kier alpha value is -0.900. The minimum atomic E-state index is 0.226. The second kappa shape index (κ2) is 4.65. The van der Waals surface area contributed by atoms with E-state index < -0.39 is 0 Å². The number of hydrogen-bond acceptors (Lipinski definition) is 3. The first-order valence-electron chi connectivity index (χ1n) is 7.38. The first kappa shape index (κ1) is 12.2. The van der Waals surface area contributed by atoms with Gasteiger partial charge in [0.1, 0.15) is 11.6 Å². The summed E-state index contributed by atoms with van der Waals surface area (Å²) in [4.78, 5) is 0. The van der Waals surface area contributed by atoms with Crippen LogP contribution in [0.1, 0.15) is 51.2 Å². The average molecular weight is 248 g/mol. The molecular formula is C14H24N4. The van der Waals surface area contributed by atoms with Gasteiger partial charge in [-0.15, -0.1) is 10.2 Å². The van der Waals surface area contributed by atoms with E-state index in [1.807, 2.05) is 0 Å². The van der Waals surface area contributed by atoms with Crippen molar-refractivity contribution < 1.29 is 0 Å². The highest BCUT2D eigenvalue weighted by atomic mass is 15.3. The molecule has 18 heavy (non-hydrogen) atoms. The van der Waals surface area contributed by atoms with Crippen molar-refractivity contribution in [1.29, 1.82) is 0 Å². The smallest absolute Gasteiger partial charge is 0.140 e.